The van der Waals surface area contributed by atoms with Crippen molar-refractivity contribution in [1.82, 2.24) is 4.90 Å². The summed E-state index contributed by atoms with van der Waals surface area (Å²) in [4.78, 5) is 25.3. The van der Waals surface area contributed by atoms with Crippen molar-refractivity contribution in [2.24, 2.45) is 0 Å². The normalized spacial score (nSPS) is 19.6. The summed E-state index contributed by atoms with van der Waals surface area (Å²) >= 11 is 5.91. The minimum absolute atomic E-state index is 0.0468. The van der Waals surface area contributed by atoms with E-state index in [0.29, 0.717) is 11.1 Å². The molecule has 1 N–H and O–H groups in total. The molecule has 1 fully saturated rings. The predicted octanol–water partition coefficient (Wildman–Crippen LogP) is 3.98. The molecule has 1 amide bonds. The van der Waals surface area contributed by atoms with Crippen LogP contribution in [0.2, 0.25) is 5.02 Å². The number of halogens is 1. The summed E-state index contributed by atoms with van der Waals surface area (Å²) in [6.07, 6.45) is 1.46. The van der Waals surface area contributed by atoms with E-state index < -0.39 is 11.1 Å². The van der Waals surface area contributed by atoms with Crippen molar-refractivity contribution in [3.8, 4) is 0 Å². The van der Waals surface area contributed by atoms with Crippen molar-refractivity contribution in [2.45, 2.75) is 25.0 Å². The molecule has 0 bridgehead atoms. The molecule has 122 valence electrons. The van der Waals surface area contributed by atoms with Gasteiger partial charge in [-0.2, -0.15) is 0 Å². The van der Waals surface area contributed by atoms with Crippen LogP contribution in [-0.2, 0) is 0 Å². The third-order valence-corrected chi connectivity index (χ3v) is 4.70. The average molecular weight is 344 g/mol. The zero-order chi connectivity index (χ0) is 16.8. The van der Waals surface area contributed by atoms with Crippen molar-refractivity contribution in [2.75, 3.05) is 5.32 Å². The lowest BCUT2D eigenvalue weighted by atomic mass is 10.0. The molecule has 1 heterocycles. The maximum atomic E-state index is 12.9. The molecular weight excluding hydrogens is 330 g/mol. The summed E-state index contributed by atoms with van der Waals surface area (Å²) in [5.74, 6) is -0.0468. The summed E-state index contributed by atoms with van der Waals surface area (Å²) < 4.78 is 0. The Bertz CT molecular complexity index is 851. The molecular formula is C17H14ClN3O3. The Morgan fingerprint density at radius 3 is 2.67 bits per heavy atom. The number of hydrogen-bond donors (Lipinski definition) is 1. The van der Waals surface area contributed by atoms with Crippen molar-refractivity contribution in [3.63, 3.8) is 0 Å². The summed E-state index contributed by atoms with van der Waals surface area (Å²) in [7, 11) is 0. The van der Waals surface area contributed by atoms with Gasteiger partial charge in [0, 0.05) is 23.4 Å². The Morgan fingerprint density at radius 2 is 1.96 bits per heavy atom. The minimum atomic E-state index is -0.508. The van der Waals surface area contributed by atoms with Gasteiger partial charge < -0.3 is 10.2 Å². The number of carbonyl (C=O) groups is 1. The summed E-state index contributed by atoms with van der Waals surface area (Å²) in [5, 5.41) is 14.6. The first kappa shape index (κ1) is 15.0. The van der Waals surface area contributed by atoms with E-state index in [-0.39, 0.29) is 22.7 Å². The Hall–Kier alpha value is -2.60. The summed E-state index contributed by atoms with van der Waals surface area (Å²) in [6, 6.07) is 12.2. The highest BCUT2D eigenvalue weighted by molar-refractivity contribution is 6.32. The maximum absolute atomic E-state index is 12.9. The van der Waals surface area contributed by atoms with E-state index in [1.807, 2.05) is 18.2 Å². The fourth-order valence-electron chi connectivity index (χ4n) is 3.08. The van der Waals surface area contributed by atoms with Crippen LogP contribution < -0.4 is 5.32 Å². The van der Waals surface area contributed by atoms with E-state index in [0.717, 1.165) is 18.5 Å². The van der Waals surface area contributed by atoms with Crippen LogP contribution in [0.15, 0.2) is 42.5 Å². The van der Waals surface area contributed by atoms with Crippen LogP contribution in [0.4, 0.5) is 11.4 Å². The number of rotatable bonds is 3. The second-order valence-electron chi connectivity index (χ2n) is 6.00. The van der Waals surface area contributed by atoms with Crippen LogP contribution in [0.1, 0.15) is 34.9 Å². The van der Waals surface area contributed by atoms with Gasteiger partial charge in [-0.25, -0.2) is 0 Å². The lowest BCUT2D eigenvalue weighted by molar-refractivity contribution is -0.384. The predicted molar refractivity (Wildman–Crippen MR) is 90.1 cm³/mol. The standard InChI is InChI=1S/C17H14ClN3O3/c18-13-8-5-10(9-15(13)21(23)24)16-19-14-4-2-1-3-12(14)17(22)20(16)11-6-7-11/h1-5,8-9,11,16,19H,6-7H2/t16-/m1/s1. The number of para-hydroxylation sites is 1. The Balaban J connectivity index is 1.80. The lowest BCUT2D eigenvalue weighted by Gasteiger charge is -2.38. The molecule has 4 rings (SSSR count). The van der Waals surface area contributed by atoms with Crippen LogP contribution in [-0.4, -0.2) is 21.8 Å². The monoisotopic (exact) mass is 343 g/mol. The third kappa shape index (κ3) is 2.39. The molecule has 0 unspecified atom stereocenters. The second-order valence-corrected chi connectivity index (χ2v) is 6.41. The Morgan fingerprint density at radius 1 is 1.21 bits per heavy atom. The van der Waals surface area contributed by atoms with Gasteiger partial charge in [0.15, 0.2) is 0 Å². The molecule has 0 spiro atoms. The minimum Gasteiger partial charge on any atom is -0.361 e. The highest BCUT2D eigenvalue weighted by Crippen LogP contribution is 2.41. The first-order valence-electron chi connectivity index (χ1n) is 7.68. The van der Waals surface area contributed by atoms with Crippen LogP contribution in [0.25, 0.3) is 0 Å². The van der Waals surface area contributed by atoms with Gasteiger partial charge in [-0.3, -0.25) is 14.9 Å². The van der Waals surface area contributed by atoms with Gasteiger partial charge in [0.1, 0.15) is 11.2 Å². The van der Waals surface area contributed by atoms with Crippen molar-refractivity contribution in [3.05, 3.63) is 68.7 Å². The number of fused-ring (bicyclic) bond motifs is 1. The van der Waals surface area contributed by atoms with E-state index in [2.05, 4.69) is 5.32 Å². The molecule has 2 aromatic carbocycles. The van der Waals surface area contributed by atoms with Crippen LogP contribution in [0.3, 0.4) is 0 Å². The van der Waals surface area contributed by atoms with Gasteiger partial charge in [-0.15, -0.1) is 0 Å². The topological polar surface area (TPSA) is 75.5 Å². The van der Waals surface area contributed by atoms with E-state index in [9.17, 15) is 14.9 Å². The van der Waals surface area contributed by atoms with E-state index in [1.165, 1.54) is 12.1 Å². The molecule has 0 saturated heterocycles. The highest BCUT2D eigenvalue weighted by Gasteiger charge is 2.42. The van der Waals surface area contributed by atoms with Crippen molar-refractivity contribution in [1.29, 1.82) is 0 Å². The Kier molecular flexibility index (Phi) is 3.42. The largest absolute Gasteiger partial charge is 0.361 e. The third-order valence-electron chi connectivity index (χ3n) is 4.39. The lowest BCUT2D eigenvalue weighted by Crippen LogP contribution is -2.44. The number of anilines is 1. The molecule has 2 aromatic rings. The van der Waals surface area contributed by atoms with Crippen LogP contribution in [0.5, 0.6) is 0 Å². The van der Waals surface area contributed by atoms with Gasteiger partial charge in [-0.05, 0) is 31.0 Å². The molecule has 7 heteroatoms. The number of nitrogens with one attached hydrogen (secondary N) is 1. The molecule has 1 atom stereocenters. The molecule has 1 saturated carbocycles. The number of benzene rings is 2. The molecule has 2 aliphatic rings. The summed E-state index contributed by atoms with van der Waals surface area (Å²) in [5.41, 5.74) is 1.87. The molecule has 1 aliphatic heterocycles. The highest BCUT2D eigenvalue weighted by atomic mass is 35.5. The second kappa shape index (κ2) is 5.49. The first-order valence-corrected chi connectivity index (χ1v) is 8.06. The van der Waals surface area contributed by atoms with E-state index in [4.69, 9.17) is 11.6 Å². The van der Waals surface area contributed by atoms with Crippen molar-refractivity contribution >= 4 is 28.9 Å². The van der Waals surface area contributed by atoms with Gasteiger partial charge in [-0.1, -0.05) is 29.8 Å². The molecule has 24 heavy (non-hydrogen) atoms. The average Bonchev–Trinajstić information content (AvgIpc) is 3.39. The van der Waals surface area contributed by atoms with Gasteiger partial charge >= 0.3 is 0 Å². The number of hydrogen-bond acceptors (Lipinski definition) is 4. The number of nitrogens with zero attached hydrogens (tertiary/aromatic N) is 2. The van der Waals surface area contributed by atoms with Crippen LogP contribution in [0, 0.1) is 10.1 Å². The van der Waals surface area contributed by atoms with E-state index in [1.54, 1.807) is 17.0 Å². The zero-order valence-corrected chi connectivity index (χ0v) is 13.4. The first-order chi connectivity index (χ1) is 11.6. The Labute approximate surface area is 143 Å². The number of amides is 1. The van der Waals surface area contributed by atoms with Crippen molar-refractivity contribution < 1.29 is 9.72 Å². The van der Waals surface area contributed by atoms with Crippen LogP contribution >= 0.6 is 11.6 Å². The summed E-state index contributed by atoms with van der Waals surface area (Å²) in [6.45, 7) is 0. The van der Waals surface area contributed by atoms with Gasteiger partial charge in [0.05, 0.1) is 10.5 Å². The zero-order valence-electron chi connectivity index (χ0n) is 12.6. The SMILES string of the molecule is O=C1c2ccccc2N[C@@H](c2ccc(Cl)c([N+](=O)[O-])c2)N1C1CC1. The molecule has 0 aromatic heterocycles. The molecule has 6 nitrogen and oxygen atoms in total. The fourth-order valence-corrected chi connectivity index (χ4v) is 3.27. The number of nitro benzene ring substituents is 1. The van der Waals surface area contributed by atoms with Gasteiger partial charge in [0.25, 0.3) is 11.6 Å². The van der Waals surface area contributed by atoms with Gasteiger partial charge in [0.2, 0.25) is 0 Å². The maximum Gasteiger partial charge on any atom is 0.288 e. The fraction of sp³-hybridized carbons (Fsp3) is 0.235. The molecule has 1 aliphatic carbocycles. The smallest absolute Gasteiger partial charge is 0.288 e. The number of nitro groups is 1. The number of carbonyl (C=O) groups excluding carboxylic acids is 1. The quantitative estimate of drug-likeness (QED) is 0.675. The van der Waals surface area contributed by atoms with E-state index >= 15 is 0 Å². The molecule has 0 radical (unpaired) electrons.